The molecule has 42 heavy (non-hydrogen) atoms. The molecule has 0 radical (unpaired) electrons. The minimum atomic E-state index is -0.859. The van der Waals surface area contributed by atoms with Gasteiger partial charge in [-0.25, -0.2) is 9.79 Å². The predicted octanol–water partition coefficient (Wildman–Crippen LogP) is 4.38. The number of carbonyl (C=O) groups is 2. The summed E-state index contributed by atoms with van der Waals surface area (Å²) >= 11 is 7.21. The Morgan fingerprint density at radius 3 is 2.48 bits per heavy atom. The maximum absolute atomic E-state index is 14.4. The summed E-state index contributed by atoms with van der Waals surface area (Å²) in [5.74, 6) is -0.343. The van der Waals surface area contributed by atoms with Crippen LogP contribution < -0.4 is 24.5 Å². The fraction of sp³-hybridized carbons (Fsp3) is 0.188. The number of halogens is 1. The quantitative estimate of drug-likeness (QED) is 0.307. The Morgan fingerprint density at radius 1 is 1.02 bits per heavy atom. The summed E-state index contributed by atoms with van der Waals surface area (Å²) in [5, 5.41) is 0.607. The molecule has 2 aliphatic rings. The van der Waals surface area contributed by atoms with E-state index >= 15 is 0 Å². The molecule has 0 saturated heterocycles. The van der Waals surface area contributed by atoms with Gasteiger partial charge < -0.3 is 14.4 Å². The highest BCUT2D eigenvalue weighted by atomic mass is 35.5. The first-order chi connectivity index (χ1) is 20.3. The number of para-hydroxylation sites is 2. The van der Waals surface area contributed by atoms with Crippen molar-refractivity contribution in [2.24, 2.45) is 4.99 Å². The van der Waals surface area contributed by atoms with Gasteiger partial charge in [-0.05, 0) is 43.7 Å². The van der Waals surface area contributed by atoms with Crippen LogP contribution in [-0.2, 0) is 20.9 Å². The van der Waals surface area contributed by atoms with Crippen LogP contribution in [0.5, 0.6) is 5.75 Å². The average Bonchev–Trinajstić information content (AvgIpc) is 3.45. The lowest BCUT2D eigenvalue weighted by atomic mass is 9.95. The van der Waals surface area contributed by atoms with Crippen molar-refractivity contribution in [1.82, 2.24) is 4.57 Å². The van der Waals surface area contributed by atoms with E-state index in [1.165, 1.54) is 11.7 Å². The zero-order valence-electron chi connectivity index (χ0n) is 23.1. The minimum Gasteiger partial charge on any atom is -0.496 e. The SMILES string of the molecule is CCOC(=O)C1=C(C)N=c2s/c(=C3/C(=O)N(Cc4ccc(Cl)cc4)c4ccccc43)c(=O)n2[C@H]1c1ccccc1OC. The maximum Gasteiger partial charge on any atom is 0.338 e. The van der Waals surface area contributed by atoms with Gasteiger partial charge in [-0.15, -0.1) is 0 Å². The lowest BCUT2D eigenvalue weighted by molar-refractivity contribution is -0.139. The van der Waals surface area contributed by atoms with Gasteiger partial charge in [0, 0.05) is 16.1 Å². The van der Waals surface area contributed by atoms with Crippen LogP contribution in [0.4, 0.5) is 5.69 Å². The number of allylic oxidation sites excluding steroid dienone is 1. The standard InChI is InChI=1S/C32H26ClN3O5S/c1-4-41-31(39)25-18(2)34-32-36(27(25)22-10-6-8-12-24(22)40-3)30(38)28(42-32)26-21-9-5-7-11-23(21)35(29(26)37)17-19-13-15-20(33)16-14-19/h5-16,27H,4,17H2,1-3H3/b28-26+/t27-/m0/s1. The van der Waals surface area contributed by atoms with Crippen molar-refractivity contribution in [2.75, 3.05) is 18.6 Å². The lowest BCUT2D eigenvalue weighted by Gasteiger charge is -2.25. The van der Waals surface area contributed by atoms with Gasteiger partial charge in [0.2, 0.25) is 0 Å². The monoisotopic (exact) mass is 599 g/mol. The molecular formula is C32H26ClN3O5S. The van der Waals surface area contributed by atoms with Crippen LogP contribution in [0, 0.1) is 0 Å². The molecule has 212 valence electrons. The Bertz CT molecular complexity index is 1960. The first-order valence-electron chi connectivity index (χ1n) is 13.3. The van der Waals surface area contributed by atoms with Crippen molar-refractivity contribution < 1.29 is 19.1 Å². The molecule has 0 unspecified atom stereocenters. The predicted molar refractivity (Wildman–Crippen MR) is 161 cm³/mol. The van der Waals surface area contributed by atoms with E-state index < -0.39 is 17.6 Å². The molecule has 1 atom stereocenters. The van der Waals surface area contributed by atoms with E-state index in [2.05, 4.69) is 4.99 Å². The van der Waals surface area contributed by atoms with E-state index in [0.29, 0.717) is 50.2 Å². The normalized spacial score (nSPS) is 17.1. The molecule has 0 spiro atoms. The molecule has 0 fully saturated rings. The average molecular weight is 600 g/mol. The molecule has 0 saturated carbocycles. The highest BCUT2D eigenvalue weighted by molar-refractivity contribution is 7.07. The fourth-order valence-corrected chi connectivity index (χ4v) is 6.72. The number of rotatable bonds is 6. The number of hydrogen-bond acceptors (Lipinski definition) is 7. The summed E-state index contributed by atoms with van der Waals surface area (Å²) in [7, 11) is 1.54. The van der Waals surface area contributed by atoms with Gasteiger partial charge >= 0.3 is 5.97 Å². The summed E-state index contributed by atoms with van der Waals surface area (Å²) < 4.78 is 12.8. The summed E-state index contributed by atoms with van der Waals surface area (Å²) in [6.45, 7) is 3.92. The largest absolute Gasteiger partial charge is 0.496 e. The molecule has 0 N–H and O–H groups in total. The highest BCUT2D eigenvalue weighted by Crippen LogP contribution is 2.38. The van der Waals surface area contributed by atoms with Crippen molar-refractivity contribution in [3.05, 3.63) is 125 Å². The summed E-state index contributed by atoms with van der Waals surface area (Å²) in [4.78, 5) is 48.4. The number of methoxy groups -OCH3 is 1. The third-order valence-corrected chi connectivity index (χ3v) is 8.64. The smallest absolute Gasteiger partial charge is 0.338 e. The Hall–Kier alpha value is -4.47. The molecule has 3 heterocycles. The van der Waals surface area contributed by atoms with Crippen LogP contribution in [0.15, 0.2) is 93.9 Å². The van der Waals surface area contributed by atoms with E-state index in [9.17, 15) is 14.4 Å². The number of hydrogen-bond donors (Lipinski definition) is 0. The van der Waals surface area contributed by atoms with Gasteiger partial charge in [0.25, 0.3) is 11.5 Å². The number of thiazole rings is 1. The van der Waals surface area contributed by atoms with E-state index in [1.54, 1.807) is 36.9 Å². The second-order valence-corrected chi connectivity index (χ2v) is 11.2. The zero-order valence-corrected chi connectivity index (χ0v) is 24.7. The Balaban J connectivity index is 1.58. The number of esters is 1. The van der Waals surface area contributed by atoms with E-state index in [-0.39, 0.29) is 22.6 Å². The number of carbonyl (C=O) groups excluding carboxylic acids is 2. The number of fused-ring (bicyclic) bond motifs is 2. The number of aromatic nitrogens is 1. The van der Waals surface area contributed by atoms with E-state index in [1.807, 2.05) is 54.6 Å². The van der Waals surface area contributed by atoms with Crippen LogP contribution >= 0.6 is 22.9 Å². The fourth-order valence-electron chi connectivity index (χ4n) is 5.46. The second kappa shape index (κ2) is 11.1. The second-order valence-electron chi connectivity index (χ2n) is 9.77. The van der Waals surface area contributed by atoms with Gasteiger partial charge in [0.05, 0.1) is 42.8 Å². The first-order valence-corrected chi connectivity index (χ1v) is 14.5. The number of benzene rings is 3. The summed E-state index contributed by atoms with van der Waals surface area (Å²) in [5.41, 5.74) is 3.45. The zero-order chi connectivity index (χ0) is 29.5. The van der Waals surface area contributed by atoms with Gasteiger partial charge in [0.15, 0.2) is 4.80 Å². The molecule has 1 amide bonds. The van der Waals surface area contributed by atoms with Crippen molar-refractivity contribution >= 4 is 46.1 Å². The van der Waals surface area contributed by atoms with Crippen LogP contribution in [-0.4, -0.2) is 30.2 Å². The molecule has 3 aromatic carbocycles. The van der Waals surface area contributed by atoms with Gasteiger partial charge in [-0.2, -0.15) is 0 Å². The molecule has 10 heteroatoms. The van der Waals surface area contributed by atoms with Crippen molar-refractivity contribution in [2.45, 2.75) is 26.4 Å². The molecular weight excluding hydrogens is 574 g/mol. The van der Waals surface area contributed by atoms with Crippen molar-refractivity contribution in [3.63, 3.8) is 0 Å². The van der Waals surface area contributed by atoms with Gasteiger partial charge in [0.1, 0.15) is 16.3 Å². The Kier molecular flexibility index (Phi) is 7.30. The van der Waals surface area contributed by atoms with Crippen LogP contribution in [0.1, 0.15) is 36.6 Å². The highest BCUT2D eigenvalue weighted by Gasteiger charge is 2.38. The Labute approximate surface area is 250 Å². The van der Waals surface area contributed by atoms with Crippen molar-refractivity contribution in [3.8, 4) is 5.75 Å². The first kappa shape index (κ1) is 27.7. The van der Waals surface area contributed by atoms with Crippen LogP contribution in [0.25, 0.3) is 5.57 Å². The topological polar surface area (TPSA) is 90.2 Å². The molecule has 4 aromatic rings. The van der Waals surface area contributed by atoms with E-state index in [0.717, 1.165) is 16.9 Å². The lowest BCUT2D eigenvalue weighted by Crippen LogP contribution is -2.41. The molecule has 1 aromatic heterocycles. The third kappa shape index (κ3) is 4.55. The van der Waals surface area contributed by atoms with Crippen molar-refractivity contribution in [1.29, 1.82) is 0 Å². The molecule has 8 nitrogen and oxygen atoms in total. The van der Waals surface area contributed by atoms with Gasteiger partial charge in [-0.1, -0.05) is 71.5 Å². The Morgan fingerprint density at radius 2 is 1.74 bits per heavy atom. The van der Waals surface area contributed by atoms with E-state index in [4.69, 9.17) is 21.1 Å². The molecule has 0 bridgehead atoms. The summed E-state index contributed by atoms with van der Waals surface area (Å²) in [6, 6.07) is 21.1. The minimum absolute atomic E-state index is 0.164. The molecule has 6 rings (SSSR count). The third-order valence-electron chi connectivity index (χ3n) is 7.33. The van der Waals surface area contributed by atoms with Gasteiger partial charge in [-0.3, -0.25) is 14.2 Å². The molecule has 0 aliphatic carbocycles. The number of ether oxygens (including phenoxy) is 2. The number of anilines is 1. The maximum atomic E-state index is 14.4. The molecule has 2 aliphatic heterocycles. The number of nitrogens with zero attached hydrogens (tertiary/aromatic N) is 3. The van der Waals surface area contributed by atoms with Crippen LogP contribution in [0.3, 0.4) is 0 Å². The summed E-state index contributed by atoms with van der Waals surface area (Å²) in [6.07, 6.45) is 0. The number of amides is 1. The van der Waals surface area contributed by atoms with Crippen LogP contribution in [0.2, 0.25) is 5.02 Å².